The van der Waals surface area contributed by atoms with Crippen LogP contribution < -0.4 is 9.47 Å². The van der Waals surface area contributed by atoms with Crippen LogP contribution >= 0.6 is 0 Å². The number of hydrogen-bond donors (Lipinski definition) is 0. The average Bonchev–Trinajstić information content (AvgIpc) is 2.85. The zero-order valence-corrected chi connectivity index (χ0v) is 11.9. The predicted octanol–water partition coefficient (Wildman–Crippen LogP) is 1.07. The van der Waals surface area contributed by atoms with Crippen molar-refractivity contribution < 1.29 is 22.6 Å². The fourth-order valence-electron chi connectivity index (χ4n) is 2.01. The Balaban J connectivity index is 2.49. The summed E-state index contributed by atoms with van der Waals surface area (Å²) in [6.45, 7) is 2.44. The Morgan fingerprint density at radius 3 is 2.58 bits per heavy atom. The molecule has 1 aliphatic heterocycles. The summed E-state index contributed by atoms with van der Waals surface area (Å²) in [4.78, 5) is 0.0895. The van der Waals surface area contributed by atoms with E-state index in [0.29, 0.717) is 24.7 Å². The molecule has 0 radical (unpaired) electrons. The molecule has 0 bridgehead atoms. The molecular weight excluding hydrogens is 270 g/mol. The van der Waals surface area contributed by atoms with Gasteiger partial charge < -0.3 is 14.2 Å². The van der Waals surface area contributed by atoms with Crippen molar-refractivity contribution in [2.24, 2.45) is 0 Å². The van der Waals surface area contributed by atoms with E-state index in [1.54, 1.807) is 19.1 Å². The minimum absolute atomic E-state index is 0.0895. The lowest BCUT2D eigenvalue weighted by molar-refractivity contribution is 0.0846. The Morgan fingerprint density at radius 1 is 1.32 bits per heavy atom. The topological polar surface area (TPSA) is 65.1 Å². The van der Waals surface area contributed by atoms with Crippen molar-refractivity contribution >= 4 is 10.0 Å². The maximum Gasteiger partial charge on any atom is 0.249 e. The van der Waals surface area contributed by atoms with Gasteiger partial charge in [0.1, 0.15) is 22.6 Å². The van der Waals surface area contributed by atoms with Gasteiger partial charge in [-0.15, -0.1) is 0 Å². The maximum absolute atomic E-state index is 12.6. The number of rotatable bonds is 4. The lowest BCUT2D eigenvalue weighted by Crippen LogP contribution is -2.34. The van der Waals surface area contributed by atoms with E-state index >= 15 is 0 Å². The highest BCUT2D eigenvalue weighted by Crippen LogP contribution is 2.32. The Labute approximate surface area is 112 Å². The first-order valence-corrected chi connectivity index (χ1v) is 7.30. The van der Waals surface area contributed by atoms with Gasteiger partial charge in [0.2, 0.25) is 10.0 Å². The van der Waals surface area contributed by atoms with E-state index < -0.39 is 16.3 Å². The summed E-state index contributed by atoms with van der Waals surface area (Å²) in [6, 6.07) is 4.69. The predicted molar refractivity (Wildman–Crippen MR) is 68.9 cm³/mol. The molecule has 106 valence electrons. The standard InChI is InChI=1S/C12H17NO5S/c1-9-13(6-7-18-9)19(14,15)12-8-10(16-2)4-5-11(12)17-3/h4-5,8-9H,6-7H2,1-3H3. The van der Waals surface area contributed by atoms with Gasteiger partial charge in [-0.2, -0.15) is 4.31 Å². The van der Waals surface area contributed by atoms with E-state index in [1.807, 2.05) is 0 Å². The summed E-state index contributed by atoms with van der Waals surface area (Å²) < 4.78 is 42.0. The second-order valence-electron chi connectivity index (χ2n) is 4.10. The minimum atomic E-state index is -3.66. The zero-order chi connectivity index (χ0) is 14.0. The maximum atomic E-state index is 12.6. The Kier molecular flexibility index (Phi) is 3.98. The number of methoxy groups -OCH3 is 2. The van der Waals surface area contributed by atoms with Crippen LogP contribution in [0.4, 0.5) is 0 Å². The van der Waals surface area contributed by atoms with Crippen molar-refractivity contribution in [3.8, 4) is 11.5 Å². The normalized spacial score (nSPS) is 20.5. The lowest BCUT2D eigenvalue weighted by Gasteiger charge is -2.21. The molecule has 1 heterocycles. The number of benzene rings is 1. The molecule has 1 saturated heterocycles. The van der Waals surface area contributed by atoms with E-state index in [1.165, 1.54) is 24.6 Å². The van der Waals surface area contributed by atoms with Gasteiger partial charge in [0.15, 0.2) is 0 Å². The third-order valence-corrected chi connectivity index (χ3v) is 5.01. The van der Waals surface area contributed by atoms with Gasteiger partial charge in [0.05, 0.1) is 20.8 Å². The average molecular weight is 287 g/mol. The van der Waals surface area contributed by atoms with Crippen LogP contribution in [-0.2, 0) is 14.8 Å². The van der Waals surface area contributed by atoms with E-state index in [9.17, 15) is 8.42 Å². The van der Waals surface area contributed by atoms with Crippen LogP contribution in [0, 0.1) is 0 Å². The van der Waals surface area contributed by atoms with E-state index in [-0.39, 0.29) is 4.90 Å². The highest BCUT2D eigenvalue weighted by molar-refractivity contribution is 7.89. The minimum Gasteiger partial charge on any atom is -0.497 e. The summed E-state index contributed by atoms with van der Waals surface area (Å²) in [7, 11) is -0.739. The summed E-state index contributed by atoms with van der Waals surface area (Å²) in [5.74, 6) is 0.757. The lowest BCUT2D eigenvalue weighted by atomic mass is 10.3. The second-order valence-corrected chi connectivity index (χ2v) is 5.96. The van der Waals surface area contributed by atoms with Crippen LogP contribution in [-0.4, -0.2) is 46.3 Å². The van der Waals surface area contributed by atoms with Gasteiger partial charge in [-0.1, -0.05) is 0 Å². The summed E-state index contributed by atoms with van der Waals surface area (Å²) in [5, 5.41) is 0. The van der Waals surface area contributed by atoms with Crippen molar-refractivity contribution in [2.45, 2.75) is 18.0 Å². The molecule has 6 nitrogen and oxygen atoms in total. The molecule has 2 rings (SSSR count). The molecule has 1 atom stereocenters. The van der Waals surface area contributed by atoms with Crippen LogP contribution in [0.1, 0.15) is 6.92 Å². The first kappa shape index (κ1) is 14.1. The molecule has 1 fully saturated rings. The van der Waals surface area contributed by atoms with Crippen LogP contribution in [0.2, 0.25) is 0 Å². The molecule has 0 aliphatic carbocycles. The first-order valence-electron chi connectivity index (χ1n) is 5.86. The second kappa shape index (κ2) is 5.36. The van der Waals surface area contributed by atoms with Crippen LogP contribution in [0.3, 0.4) is 0 Å². The SMILES string of the molecule is COc1ccc(OC)c(S(=O)(=O)N2CCOC2C)c1. The summed E-state index contributed by atoms with van der Waals surface area (Å²) >= 11 is 0. The van der Waals surface area contributed by atoms with Crippen molar-refractivity contribution in [3.63, 3.8) is 0 Å². The largest absolute Gasteiger partial charge is 0.497 e. The molecule has 19 heavy (non-hydrogen) atoms. The third-order valence-electron chi connectivity index (χ3n) is 3.03. The number of nitrogens with zero attached hydrogens (tertiary/aromatic N) is 1. The molecule has 0 N–H and O–H groups in total. The van der Waals surface area contributed by atoms with Crippen molar-refractivity contribution in [1.29, 1.82) is 0 Å². The monoisotopic (exact) mass is 287 g/mol. The fourth-order valence-corrected chi connectivity index (χ4v) is 3.70. The van der Waals surface area contributed by atoms with Gasteiger partial charge >= 0.3 is 0 Å². The molecule has 7 heteroatoms. The van der Waals surface area contributed by atoms with Gasteiger partial charge in [0.25, 0.3) is 0 Å². The smallest absolute Gasteiger partial charge is 0.249 e. The fraction of sp³-hybridized carbons (Fsp3) is 0.500. The van der Waals surface area contributed by atoms with Crippen LogP contribution in [0.15, 0.2) is 23.1 Å². The molecule has 1 aromatic rings. The van der Waals surface area contributed by atoms with Crippen molar-refractivity contribution in [2.75, 3.05) is 27.4 Å². The molecule has 0 amide bonds. The highest BCUT2D eigenvalue weighted by atomic mass is 32.2. The zero-order valence-electron chi connectivity index (χ0n) is 11.1. The highest BCUT2D eigenvalue weighted by Gasteiger charge is 2.35. The van der Waals surface area contributed by atoms with Crippen LogP contribution in [0.5, 0.6) is 11.5 Å². The molecule has 0 aromatic heterocycles. The molecule has 0 spiro atoms. The first-order chi connectivity index (χ1) is 9.00. The molecule has 1 unspecified atom stereocenters. The van der Waals surface area contributed by atoms with Gasteiger partial charge in [-0.25, -0.2) is 8.42 Å². The van der Waals surface area contributed by atoms with Crippen molar-refractivity contribution in [1.82, 2.24) is 4.31 Å². The molecule has 1 aromatic carbocycles. The molecule has 0 saturated carbocycles. The summed E-state index contributed by atoms with van der Waals surface area (Å²) in [5.41, 5.74) is 0. The molecule has 1 aliphatic rings. The molecular formula is C12H17NO5S. The number of hydrogen-bond acceptors (Lipinski definition) is 5. The third kappa shape index (κ3) is 2.54. The van der Waals surface area contributed by atoms with Crippen molar-refractivity contribution in [3.05, 3.63) is 18.2 Å². The Hall–Kier alpha value is -1.31. The van der Waals surface area contributed by atoms with Gasteiger partial charge in [0, 0.05) is 12.6 Å². The Morgan fingerprint density at radius 2 is 2.05 bits per heavy atom. The van der Waals surface area contributed by atoms with E-state index in [4.69, 9.17) is 14.2 Å². The van der Waals surface area contributed by atoms with E-state index in [0.717, 1.165) is 0 Å². The van der Waals surface area contributed by atoms with Gasteiger partial charge in [-0.05, 0) is 19.1 Å². The summed E-state index contributed by atoms with van der Waals surface area (Å²) in [6.07, 6.45) is -0.471. The quantitative estimate of drug-likeness (QED) is 0.829. The Bertz CT molecular complexity index is 557. The van der Waals surface area contributed by atoms with E-state index in [2.05, 4.69) is 0 Å². The number of ether oxygens (including phenoxy) is 3. The number of sulfonamides is 1. The van der Waals surface area contributed by atoms with Gasteiger partial charge in [-0.3, -0.25) is 0 Å². The van der Waals surface area contributed by atoms with Crippen LogP contribution in [0.25, 0.3) is 0 Å².